The topological polar surface area (TPSA) is 64.8 Å². The molecular formula is C22H30N2O3. The van der Waals surface area contributed by atoms with Crippen molar-refractivity contribution in [2.45, 2.75) is 33.2 Å². The minimum Gasteiger partial charge on any atom is -0.493 e. The van der Waals surface area contributed by atoms with Gasteiger partial charge in [0, 0.05) is 17.8 Å². The van der Waals surface area contributed by atoms with E-state index >= 15 is 0 Å². The van der Waals surface area contributed by atoms with E-state index in [1.54, 1.807) is 18.2 Å². The van der Waals surface area contributed by atoms with E-state index in [1.807, 2.05) is 25.1 Å². The van der Waals surface area contributed by atoms with E-state index in [9.17, 15) is 4.79 Å². The van der Waals surface area contributed by atoms with E-state index < -0.39 is 0 Å². The Morgan fingerprint density at radius 2 is 1.78 bits per heavy atom. The van der Waals surface area contributed by atoms with Gasteiger partial charge in [-0.15, -0.1) is 0 Å². The predicted molar refractivity (Wildman–Crippen MR) is 109 cm³/mol. The molecule has 0 spiro atoms. The molecule has 0 amide bonds. The monoisotopic (exact) mass is 370 g/mol. The number of ether oxygens (including phenoxy) is 2. The highest BCUT2D eigenvalue weighted by Gasteiger charge is 2.21. The van der Waals surface area contributed by atoms with Crippen LogP contribution in [0.25, 0.3) is 0 Å². The molecular weight excluding hydrogens is 340 g/mol. The van der Waals surface area contributed by atoms with E-state index in [-0.39, 0.29) is 12.0 Å². The molecule has 2 N–H and O–H groups in total. The zero-order valence-corrected chi connectivity index (χ0v) is 16.5. The maximum Gasteiger partial charge on any atom is 0.341 e. The molecule has 146 valence electrons. The summed E-state index contributed by atoms with van der Waals surface area (Å²) in [6, 6.07) is 15.4. The molecule has 5 heteroatoms. The van der Waals surface area contributed by atoms with Crippen LogP contribution in [0.15, 0.2) is 48.5 Å². The fourth-order valence-corrected chi connectivity index (χ4v) is 3.15. The van der Waals surface area contributed by atoms with E-state index in [1.165, 1.54) is 5.56 Å². The van der Waals surface area contributed by atoms with Gasteiger partial charge in [-0.3, -0.25) is 4.90 Å². The number of benzene rings is 2. The molecule has 0 saturated carbocycles. The normalized spacial score (nSPS) is 12.0. The minimum absolute atomic E-state index is 0.121. The summed E-state index contributed by atoms with van der Waals surface area (Å²) in [4.78, 5) is 15.0. The van der Waals surface area contributed by atoms with E-state index in [2.05, 4.69) is 30.9 Å². The third kappa shape index (κ3) is 6.00. The SMILES string of the molecule is CCOc1cc(N)ccc1C(=O)OC[C@H](Cc1ccccc1)N(CC)CC. The zero-order chi connectivity index (χ0) is 19.6. The number of carbonyl (C=O) groups excluding carboxylic acids is 1. The number of hydrogen-bond donors (Lipinski definition) is 1. The number of esters is 1. The van der Waals surface area contributed by atoms with Crippen molar-refractivity contribution in [3.8, 4) is 5.75 Å². The highest BCUT2D eigenvalue weighted by Crippen LogP contribution is 2.23. The summed E-state index contributed by atoms with van der Waals surface area (Å²) in [6.07, 6.45) is 0.829. The van der Waals surface area contributed by atoms with Crippen LogP contribution in [0.2, 0.25) is 0 Å². The van der Waals surface area contributed by atoms with Crippen molar-refractivity contribution in [2.24, 2.45) is 0 Å². The lowest BCUT2D eigenvalue weighted by Crippen LogP contribution is -2.40. The summed E-state index contributed by atoms with van der Waals surface area (Å²) < 4.78 is 11.2. The average molecular weight is 370 g/mol. The molecule has 0 heterocycles. The number of carbonyl (C=O) groups is 1. The van der Waals surface area contributed by atoms with Crippen molar-refractivity contribution >= 4 is 11.7 Å². The summed E-state index contributed by atoms with van der Waals surface area (Å²) in [7, 11) is 0. The molecule has 5 nitrogen and oxygen atoms in total. The maximum atomic E-state index is 12.6. The van der Waals surface area contributed by atoms with E-state index in [0.717, 1.165) is 19.5 Å². The van der Waals surface area contributed by atoms with Crippen molar-refractivity contribution in [1.82, 2.24) is 4.90 Å². The van der Waals surface area contributed by atoms with Crippen LogP contribution < -0.4 is 10.5 Å². The van der Waals surface area contributed by atoms with Crippen LogP contribution in [0.5, 0.6) is 5.75 Å². The number of nitrogen functional groups attached to an aromatic ring is 1. The van der Waals surface area contributed by atoms with Gasteiger partial charge in [0.2, 0.25) is 0 Å². The van der Waals surface area contributed by atoms with Gasteiger partial charge < -0.3 is 15.2 Å². The average Bonchev–Trinajstić information content (AvgIpc) is 2.68. The van der Waals surface area contributed by atoms with Gasteiger partial charge in [0.1, 0.15) is 17.9 Å². The van der Waals surface area contributed by atoms with Crippen LogP contribution in [0.4, 0.5) is 5.69 Å². The second kappa shape index (κ2) is 10.6. The fourth-order valence-electron chi connectivity index (χ4n) is 3.15. The number of nitrogens with two attached hydrogens (primary N) is 1. The van der Waals surface area contributed by atoms with Crippen LogP contribution in [0.3, 0.4) is 0 Å². The van der Waals surface area contributed by atoms with Crippen LogP contribution in [0.1, 0.15) is 36.7 Å². The molecule has 0 unspecified atom stereocenters. The molecule has 2 aromatic rings. The molecule has 0 bridgehead atoms. The van der Waals surface area contributed by atoms with Crippen molar-refractivity contribution in [1.29, 1.82) is 0 Å². The third-order valence-electron chi connectivity index (χ3n) is 4.58. The first kappa shape index (κ1) is 20.8. The second-order valence-corrected chi connectivity index (χ2v) is 6.35. The van der Waals surface area contributed by atoms with Crippen molar-refractivity contribution in [3.63, 3.8) is 0 Å². The lowest BCUT2D eigenvalue weighted by atomic mass is 10.1. The van der Waals surface area contributed by atoms with E-state index in [4.69, 9.17) is 15.2 Å². The largest absolute Gasteiger partial charge is 0.493 e. The Labute approximate surface area is 162 Å². The van der Waals surface area contributed by atoms with Crippen LogP contribution in [0, 0.1) is 0 Å². The summed E-state index contributed by atoms with van der Waals surface area (Å²) >= 11 is 0. The molecule has 0 aliphatic carbocycles. The predicted octanol–water partition coefficient (Wildman–Crippen LogP) is 3.78. The Kier molecular flexibility index (Phi) is 8.14. The zero-order valence-electron chi connectivity index (χ0n) is 16.5. The van der Waals surface area contributed by atoms with Gasteiger partial charge in [-0.05, 0) is 44.1 Å². The summed E-state index contributed by atoms with van der Waals surface area (Å²) in [6.45, 7) is 8.70. The number of rotatable bonds is 10. The summed E-state index contributed by atoms with van der Waals surface area (Å²) in [5, 5.41) is 0. The standard InChI is InChI=1S/C22H30N2O3/c1-4-24(5-2)19(14-17-10-8-7-9-11-17)16-27-22(25)20-13-12-18(23)15-21(20)26-6-3/h7-13,15,19H,4-6,14,16,23H2,1-3H3/t19-/m0/s1. The Hall–Kier alpha value is -2.53. The Morgan fingerprint density at radius 3 is 2.41 bits per heavy atom. The quantitative estimate of drug-likeness (QED) is 0.509. The Balaban J connectivity index is 2.10. The Morgan fingerprint density at radius 1 is 1.07 bits per heavy atom. The van der Waals surface area contributed by atoms with Gasteiger partial charge in [-0.1, -0.05) is 44.2 Å². The van der Waals surface area contributed by atoms with Crippen LogP contribution in [-0.2, 0) is 11.2 Å². The number of likely N-dealkylation sites (N-methyl/N-ethyl adjacent to an activating group) is 1. The smallest absolute Gasteiger partial charge is 0.341 e. The van der Waals surface area contributed by atoms with Crippen molar-refractivity contribution < 1.29 is 14.3 Å². The van der Waals surface area contributed by atoms with E-state index in [0.29, 0.717) is 30.2 Å². The lowest BCUT2D eigenvalue weighted by molar-refractivity contribution is 0.0356. The van der Waals surface area contributed by atoms with Gasteiger partial charge in [0.15, 0.2) is 0 Å². The van der Waals surface area contributed by atoms with Crippen molar-refractivity contribution in [3.05, 3.63) is 59.7 Å². The molecule has 0 aliphatic heterocycles. The van der Waals surface area contributed by atoms with Crippen LogP contribution >= 0.6 is 0 Å². The van der Waals surface area contributed by atoms with Gasteiger partial charge in [0.25, 0.3) is 0 Å². The molecule has 0 saturated heterocycles. The van der Waals surface area contributed by atoms with Gasteiger partial charge in [-0.25, -0.2) is 4.79 Å². The Bertz CT molecular complexity index is 715. The summed E-state index contributed by atoms with van der Waals surface area (Å²) in [5.41, 5.74) is 7.99. The number of nitrogens with zero attached hydrogens (tertiary/aromatic N) is 1. The minimum atomic E-state index is -0.385. The maximum absolute atomic E-state index is 12.6. The molecule has 0 aromatic heterocycles. The highest BCUT2D eigenvalue weighted by atomic mass is 16.5. The first-order valence-electron chi connectivity index (χ1n) is 9.56. The third-order valence-corrected chi connectivity index (χ3v) is 4.58. The molecule has 0 aliphatic rings. The molecule has 0 radical (unpaired) electrons. The second-order valence-electron chi connectivity index (χ2n) is 6.35. The number of hydrogen-bond acceptors (Lipinski definition) is 5. The molecule has 2 aromatic carbocycles. The summed E-state index contributed by atoms with van der Waals surface area (Å²) in [5.74, 6) is 0.0774. The van der Waals surface area contributed by atoms with Crippen molar-refractivity contribution in [2.75, 3.05) is 32.0 Å². The van der Waals surface area contributed by atoms with Gasteiger partial charge in [-0.2, -0.15) is 0 Å². The first-order valence-corrected chi connectivity index (χ1v) is 9.56. The molecule has 1 atom stereocenters. The molecule has 27 heavy (non-hydrogen) atoms. The van der Waals surface area contributed by atoms with Crippen LogP contribution in [-0.4, -0.2) is 43.2 Å². The van der Waals surface area contributed by atoms with Gasteiger partial charge in [0.05, 0.1) is 6.61 Å². The van der Waals surface area contributed by atoms with Gasteiger partial charge >= 0.3 is 5.97 Å². The molecule has 2 rings (SSSR count). The fraction of sp³-hybridized carbons (Fsp3) is 0.409. The number of anilines is 1. The highest BCUT2D eigenvalue weighted by molar-refractivity contribution is 5.93. The lowest BCUT2D eigenvalue weighted by Gasteiger charge is -2.29. The first-order chi connectivity index (χ1) is 13.1. The molecule has 0 fully saturated rings.